The molecule has 0 saturated heterocycles. The Bertz CT molecular complexity index is 497. The number of primary amides is 1. The van der Waals surface area contributed by atoms with Gasteiger partial charge in [0.25, 0.3) is 10.0 Å². The fourth-order valence-electron chi connectivity index (χ4n) is 0.908. The van der Waals surface area contributed by atoms with Crippen LogP contribution in [-0.2, 0) is 10.0 Å². The Hall–Kier alpha value is -1.02. The molecule has 4 N–H and O–H groups in total. The maximum atomic E-state index is 11.6. The molecule has 0 saturated carbocycles. The summed E-state index contributed by atoms with van der Waals surface area (Å²) < 4.78 is 23.3. The molecular weight excluding hydrogens is 277 g/mol. The van der Waals surface area contributed by atoms with Crippen molar-refractivity contribution in [1.82, 2.24) is 10.3 Å². The Morgan fingerprint density at radius 1 is 1.25 bits per heavy atom. The Labute approximate surface area is 102 Å². The van der Waals surface area contributed by atoms with Crippen LogP contribution in [0.1, 0.15) is 0 Å². The van der Waals surface area contributed by atoms with Gasteiger partial charge < -0.3 is 5.73 Å². The van der Waals surface area contributed by atoms with E-state index >= 15 is 0 Å². The van der Waals surface area contributed by atoms with Gasteiger partial charge >= 0.3 is 6.03 Å². The Morgan fingerprint density at radius 2 is 1.75 bits per heavy atom. The number of nitrogens with two attached hydrogens (primary N) is 1. The summed E-state index contributed by atoms with van der Waals surface area (Å²) in [6.07, 6.45) is 0. The number of halogens is 2. The summed E-state index contributed by atoms with van der Waals surface area (Å²) in [7, 11) is -4.04. The van der Waals surface area contributed by atoms with Crippen molar-refractivity contribution in [3.05, 3.63) is 28.2 Å². The molecule has 0 radical (unpaired) electrons. The molecule has 1 rings (SSSR count). The van der Waals surface area contributed by atoms with E-state index in [2.05, 4.69) is 0 Å². The third-order valence-corrected chi connectivity index (χ3v) is 3.70. The first-order valence-electron chi connectivity index (χ1n) is 3.86. The van der Waals surface area contributed by atoms with Crippen molar-refractivity contribution in [2.45, 2.75) is 4.90 Å². The van der Waals surface area contributed by atoms with E-state index in [0.29, 0.717) is 0 Å². The number of sulfonamides is 1. The molecule has 0 aliphatic heterocycles. The Morgan fingerprint density at radius 3 is 2.19 bits per heavy atom. The quantitative estimate of drug-likeness (QED) is 0.717. The summed E-state index contributed by atoms with van der Waals surface area (Å²) in [5, 5.41) is -0.127. The zero-order chi connectivity index (χ0) is 12.3. The highest BCUT2D eigenvalue weighted by Crippen LogP contribution is 2.28. The molecule has 0 aromatic heterocycles. The molecule has 1 aromatic rings. The first-order chi connectivity index (χ1) is 7.34. The Balaban J connectivity index is 3.12. The van der Waals surface area contributed by atoms with Crippen molar-refractivity contribution in [3.63, 3.8) is 0 Å². The van der Waals surface area contributed by atoms with E-state index in [1.54, 1.807) is 10.3 Å². The van der Waals surface area contributed by atoms with Gasteiger partial charge in [0, 0.05) is 0 Å². The van der Waals surface area contributed by atoms with Gasteiger partial charge in [-0.2, -0.15) is 0 Å². The second-order valence-corrected chi connectivity index (χ2v) is 5.08. The SMILES string of the molecule is NC(=O)NNS(=O)(=O)c1c(Cl)cccc1Cl. The van der Waals surface area contributed by atoms with Crippen molar-refractivity contribution in [2.24, 2.45) is 5.73 Å². The number of nitrogens with one attached hydrogen (secondary N) is 2. The lowest BCUT2D eigenvalue weighted by Gasteiger charge is -2.09. The van der Waals surface area contributed by atoms with Crippen LogP contribution in [0.15, 0.2) is 23.1 Å². The molecule has 1 aromatic carbocycles. The lowest BCUT2D eigenvalue weighted by atomic mass is 10.4. The van der Waals surface area contributed by atoms with E-state index in [1.807, 2.05) is 0 Å². The highest BCUT2D eigenvalue weighted by atomic mass is 35.5. The summed E-state index contributed by atoms with van der Waals surface area (Å²) in [6.45, 7) is 0. The van der Waals surface area contributed by atoms with Crippen LogP contribution in [0, 0.1) is 0 Å². The van der Waals surface area contributed by atoms with Gasteiger partial charge in [0.2, 0.25) is 0 Å². The first-order valence-corrected chi connectivity index (χ1v) is 6.10. The summed E-state index contributed by atoms with van der Waals surface area (Å²) in [5.74, 6) is 0. The molecule has 88 valence electrons. The molecule has 9 heteroatoms. The van der Waals surface area contributed by atoms with Crippen LogP contribution in [0.3, 0.4) is 0 Å². The summed E-state index contributed by atoms with van der Waals surface area (Å²) >= 11 is 11.4. The van der Waals surface area contributed by atoms with E-state index in [9.17, 15) is 13.2 Å². The molecule has 0 atom stereocenters. The highest BCUT2D eigenvalue weighted by Gasteiger charge is 2.21. The maximum absolute atomic E-state index is 11.6. The number of hydrogen-bond acceptors (Lipinski definition) is 3. The maximum Gasteiger partial charge on any atom is 0.327 e. The lowest BCUT2D eigenvalue weighted by molar-refractivity contribution is 0.247. The molecule has 16 heavy (non-hydrogen) atoms. The van der Waals surface area contributed by atoms with Crippen LogP contribution in [0.25, 0.3) is 0 Å². The number of amides is 2. The van der Waals surface area contributed by atoms with Crippen molar-refractivity contribution in [3.8, 4) is 0 Å². The van der Waals surface area contributed by atoms with E-state index in [-0.39, 0.29) is 14.9 Å². The number of urea groups is 1. The van der Waals surface area contributed by atoms with Crippen LogP contribution >= 0.6 is 23.2 Å². The lowest BCUT2D eigenvalue weighted by Crippen LogP contribution is -2.44. The van der Waals surface area contributed by atoms with E-state index in [1.165, 1.54) is 18.2 Å². The largest absolute Gasteiger partial charge is 0.351 e. The molecule has 0 unspecified atom stereocenters. The minimum absolute atomic E-state index is 0.0636. The van der Waals surface area contributed by atoms with Gasteiger partial charge in [-0.3, -0.25) is 5.43 Å². The smallest absolute Gasteiger partial charge is 0.327 e. The van der Waals surface area contributed by atoms with Crippen LogP contribution < -0.4 is 16.0 Å². The van der Waals surface area contributed by atoms with Crippen LogP contribution in [0.5, 0.6) is 0 Å². The number of rotatable bonds is 3. The van der Waals surface area contributed by atoms with Gasteiger partial charge in [-0.25, -0.2) is 13.2 Å². The molecule has 6 nitrogen and oxygen atoms in total. The predicted octanol–water partition coefficient (Wildman–Crippen LogP) is 0.855. The first kappa shape index (κ1) is 13.0. The number of hydrogen-bond donors (Lipinski definition) is 3. The monoisotopic (exact) mass is 283 g/mol. The molecule has 0 fully saturated rings. The molecule has 0 heterocycles. The average Bonchev–Trinajstić information content (AvgIpc) is 2.14. The summed E-state index contributed by atoms with van der Waals surface area (Å²) in [5.41, 5.74) is 6.43. The third kappa shape index (κ3) is 2.99. The van der Waals surface area contributed by atoms with Gasteiger partial charge in [0.15, 0.2) is 0 Å². The number of hydrazine groups is 1. The van der Waals surface area contributed by atoms with Crippen molar-refractivity contribution < 1.29 is 13.2 Å². The van der Waals surface area contributed by atoms with Gasteiger partial charge in [0.1, 0.15) is 4.90 Å². The fourth-order valence-corrected chi connectivity index (χ4v) is 2.90. The molecule has 0 bridgehead atoms. The van der Waals surface area contributed by atoms with Crippen LogP contribution in [0.4, 0.5) is 4.79 Å². The molecule has 0 spiro atoms. The number of carbonyl (C=O) groups is 1. The van der Waals surface area contributed by atoms with Crippen LogP contribution in [0.2, 0.25) is 10.0 Å². The van der Waals surface area contributed by atoms with Gasteiger partial charge in [0.05, 0.1) is 10.0 Å². The highest BCUT2D eigenvalue weighted by molar-refractivity contribution is 7.89. The normalized spacial score (nSPS) is 11.1. The third-order valence-electron chi connectivity index (χ3n) is 1.50. The minimum Gasteiger partial charge on any atom is -0.351 e. The van der Waals surface area contributed by atoms with E-state index < -0.39 is 16.1 Å². The average molecular weight is 284 g/mol. The van der Waals surface area contributed by atoms with Gasteiger partial charge in [-0.15, -0.1) is 4.83 Å². The number of benzene rings is 1. The summed E-state index contributed by atoms with van der Waals surface area (Å²) in [4.78, 5) is 11.8. The van der Waals surface area contributed by atoms with Gasteiger partial charge in [-0.05, 0) is 12.1 Å². The number of carbonyl (C=O) groups excluding carboxylic acids is 1. The van der Waals surface area contributed by atoms with Crippen molar-refractivity contribution >= 4 is 39.3 Å². The predicted molar refractivity (Wildman–Crippen MR) is 59.5 cm³/mol. The van der Waals surface area contributed by atoms with Crippen molar-refractivity contribution in [2.75, 3.05) is 0 Å². The molecular formula is C7H7Cl2N3O3S. The van der Waals surface area contributed by atoms with Gasteiger partial charge in [-0.1, -0.05) is 29.3 Å². The molecule has 0 aliphatic carbocycles. The van der Waals surface area contributed by atoms with E-state index in [4.69, 9.17) is 28.9 Å². The summed E-state index contributed by atoms with van der Waals surface area (Å²) in [6, 6.07) is 3.15. The Kier molecular flexibility index (Phi) is 3.98. The fraction of sp³-hybridized carbons (Fsp3) is 0. The minimum atomic E-state index is -4.04. The molecule has 2 amide bonds. The zero-order valence-corrected chi connectivity index (χ0v) is 10.0. The second-order valence-electron chi connectivity index (χ2n) is 2.65. The van der Waals surface area contributed by atoms with E-state index in [0.717, 1.165) is 0 Å². The van der Waals surface area contributed by atoms with Crippen molar-refractivity contribution in [1.29, 1.82) is 0 Å². The zero-order valence-electron chi connectivity index (χ0n) is 7.70. The standard InChI is InChI=1S/C7H7Cl2N3O3S/c8-4-2-1-3-5(9)6(4)16(14,15)12-11-7(10)13/h1-3,12H,(H3,10,11,13). The molecule has 0 aliphatic rings. The topological polar surface area (TPSA) is 101 Å². The second kappa shape index (κ2) is 4.88. The van der Waals surface area contributed by atoms with Crippen LogP contribution in [-0.4, -0.2) is 14.4 Å².